The van der Waals surface area contributed by atoms with E-state index >= 15 is 0 Å². The highest BCUT2D eigenvalue weighted by Crippen LogP contribution is 2.34. The zero-order chi connectivity index (χ0) is 13.9. The van der Waals surface area contributed by atoms with E-state index in [9.17, 15) is 0 Å². The molecule has 1 heterocycles. The van der Waals surface area contributed by atoms with Crippen LogP contribution in [0.1, 0.15) is 42.0 Å². The normalized spacial score (nSPS) is 22.3. The molecule has 2 aromatic rings. The van der Waals surface area contributed by atoms with E-state index in [1.54, 1.807) is 0 Å². The molecule has 0 spiro atoms. The fourth-order valence-corrected chi connectivity index (χ4v) is 3.35. The molecule has 0 saturated carbocycles. The molecule has 3 heteroatoms. The van der Waals surface area contributed by atoms with Crippen LogP contribution in [0.4, 0.5) is 0 Å². The van der Waals surface area contributed by atoms with Crippen LogP contribution in [0, 0.1) is 5.92 Å². The smallest absolute Gasteiger partial charge is 0.0521 e. The van der Waals surface area contributed by atoms with Gasteiger partial charge in [0.25, 0.3) is 0 Å². The van der Waals surface area contributed by atoms with Crippen molar-refractivity contribution < 1.29 is 0 Å². The molecule has 3 nitrogen and oxygen atoms in total. The van der Waals surface area contributed by atoms with Crippen molar-refractivity contribution in [2.45, 2.75) is 38.1 Å². The van der Waals surface area contributed by atoms with Crippen LogP contribution in [0.5, 0.6) is 0 Å². The van der Waals surface area contributed by atoms with E-state index in [4.69, 9.17) is 5.73 Å². The van der Waals surface area contributed by atoms with Crippen molar-refractivity contribution in [2.75, 3.05) is 0 Å². The molecule has 0 amide bonds. The fourth-order valence-electron chi connectivity index (χ4n) is 3.35. The molecule has 0 radical (unpaired) electrons. The second-order valence-corrected chi connectivity index (χ2v) is 5.94. The molecule has 106 valence electrons. The van der Waals surface area contributed by atoms with Crippen molar-refractivity contribution in [1.29, 1.82) is 0 Å². The Morgan fingerprint density at radius 2 is 2.20 bits per heavy atom. The molecule has 3 rings (SSSR count). The number of nitrogens with two attached hydrogens (primary N) is 1. The van der Waals surface area contributed by atoms with Crippen molar-refractivity contribution in [3.05, 3.63) is 53.3 Å². The number of hydrogen-bond acceptors (Lipinski definition) is 2. The van der Waals surface area contributed by atoms with Gasteiger partial charge in [-0.3, -0.25) is 4.68 Å². The van der Waals surface area contributed by atoms with Gasteiger partial charge in [0.1, 0.15) is 0 Å². The molecule has 20 heavy (non-hydrogen) atoms. The van der Waals surface area contributed by atoms with Gasteiger partial charge in [-0.2, -0.15) is 5.10 Å². The summed E-state index contributed by atoms with van der Waals surface area (Å²) in [5.41, 5.74) is 10.7. The maximum absolute atomic E-state index is 6.54. The first kappa shape index (κ1) is 13.4. The highest BCUT2D eigenvalue weighted by Gasteiger charge is 2.24. The summed E-state index contributed by atoms with van der Waals surface area (Å²) in [6.07, 6.45) is 9.97. The molecule has 2 unspecified atom stereocenters. The van der Waals surface area contributed by atoms with Gasteiger partial charge in [-0.1, -0.05) is 24.3 Å². The first-order valence-electron chi connectivity index (χ1n) is 7.55. The van der Waals surface area contributed by atoms with E-state index in [1.807, 2.05) is 17.9 Å². The lowest BCUT2D eigenvalue weighted by molar-refractivity contribution is 0.378. The van der Waals surface area contributed by atoms with Gasteiger partial charge in [0.05, 0.1) is 6.20 Å². The van der Waals surface area contributed by atoms with Crippen molar-refractivity contribution >= 4 is 0 Å². The van der Waals surface area contributed by atoms with E-state index in [0.29, 0.717) is 5.92 Å². The number of benzene rings is 1. The van der Waals surface area contributed by atoms with Crippen LogP contribution in [-0.2, 0) is 19.9 Å². The summed E-state index contributed by atoms with van der Waals surface area (Å²) in [6, 6.07) is 8.87. The van der Waals surface area contributed by atoms with Gasteiger partial charge in [-0.15, -0.1) is 0 Å². The predicted octanol–water partition coefficient (Wildman–Crippen LogP) is 3.01. The van der Waals surface area contributed by atoms with Crippen molar-refractivity contribution in [2.24, 2.45) is 18.7 Å². The van der Waals surface area contributed by atoms with Crippen LogP contribution in [0.15, 0.2) is 36.7 Å². The Bertz CT molecular complexity index is 573. The fraction of sp³-hybridized carbons (Fsp3) is 0.471. The van der Waals surface area contributed by atoms with Crippen LogP contribution >= 0.6 is 0 Å². The van der Waals surface area contributed by atoms with E-state index in [1.165, 1.54) is 36.0 Å². The Morgan fingerprint density at radius 1 is 1.35 bits per heavy atom. The highest BCUT2D eigenvalue weighted by atomic mass is 15.2. The lowest BCUT2D eigenvalue weighted by atomic mass is 9.87. The minimum absolute atomic E-state index is 0.186. The van der Waals surface area contributed by atoms with Gasteiger partial charge in [0.15, 0.2) is 0 Å². The Kier molecular flexibility index (Phi) is 3.88. The van der Waals surface area contributed by atoms with Gasteiger partial charge >= 0.3 is 0 Å². The monoisotopic (exact) mass is 269 g/mol. The molecule has 0 saturated heterocycles. The molecule has 1 aromatic carbocycles. The first-order valence-corrected chi connectivity index (χ1v) is 7.55. The largest absolute Gasteiger partial charge is 0.324 e. The standard InChI is InChI=1S/C17H23N3/c1-20-12-13(11-19-20)9-10-15-7-4-6-14-5-2-3-8-16(14)17(15)18/h2-3,5,8,11-12,15,17H,4,6-7,9-10,18H2,1H3. The van der Waals surface area contributed by atoms with E-state index in [2.05, 4.69) is 35.6 Å². The average Bonchev–Trinajstić information content (AvgIpc) is 2.80. The van der Waals surface area contributed by atoms with Crippen LogP contribution in [0.2, 0.25) is 0 Å². The Morgan fingerprint density at radius 3 is 3.00 bits per heavy atom. The number of fused-ring (bicyclic) bond motifs is 1. The number of aromatic nitrogens is 2. The van der Waals surface area contributed by atoms with Crippen LogP contribution in [0.25, 0.3) is 0 Å². The molecular formula is C17H23N3. The lowest BCUT2D eigenvalue weighted by Crippen LogP contribution is -2.21. The van der Waals surface area contributed by atoms with Gasteiger partial charge in [0.2, 0.25) is 0 Å². The zero-order valence-electron chi connectivity index (χ0n) is 12.1. The SMILES string of the molecule is Cn1cc(CCC2CCCc3ccccc3C2N)cn1. The average molecular weight is 269 g/mol. The van der Waals surface area contributed by atoms with Crippen molar-refractivity contribution in [3.8, 4) is 0 Å². The Hall–Kier alpha value is -1.61. The Labute approximate surface area is 120 Å². The van der Waals surface area contributed by atoms with Gasteiger partial charge in [-0.05, 0) is 54.7 Å². The van der Waals surface area contributed by atoms with Crippen molar-refractivity contribution in [1.82, 2.24) is 9.78 Å². The summed E-state index contributed by atoms with van der Waals surface area (Å²) < 4.78 is 1.87. The molecule has 0 bridgehead atoms. The molecule has 0 aliphatic heterocycles. The maximum Gasteiger partial charge on any atom is 0.0521 e. The van der Waals surface area contributed by atoms with Crippen molar-refractivity contribution in [3.63, 3.8) is 0 Å². The van der Waals surface area contributed by atoms with Crippen LogP contribution in [-0.4, -0.2) is 9.78 Å². The van der Waals surface area contributed by atoms with Gasteiger partial charge < -0.3 is 5.73 Å². The topological polar surface area (TPSA) is 43.8 Å². The predicted molar refractivity (Wildman–Crippen MR) is 81.3 cm³/mol. The Balaban J connectivity index is 1.71. The minimum atomic E-state index is 0.186. The molecule has 2 atom stereocenters. The summed E-state index contributed by atoms with van der Waals surface area (Å²) in [5, 5.41) is 4.24. The van der Waals surface area contributed by atoms with E-state index in [-0.39, 0.29) is 6.04 Å². The molecule has 1 aliphatic carbocycles. The highest BCUT2D eigenvalue weighted by molar-refractivity contribution is 5.31. The number of rotatable bonds is 3. The first-order chi connectivity index (χ1) is 9.74. The number of nitrogens with zero attached hydrogens (tertiary/aromatic N) is 2. The molecule has 1 aromatic heterocycles. The summed E-state index contributed by atoms with van der Waals surface area (Å²) in [7, 11) is 1.97. The maximum atomic E-state index is 6.54. The summed E-state index contributed by atoms with van der Waals surface area (Å²) >= 11 is 0. The third-order valence-electron chi connectivity index (χ3n) is 4.51. The molecule has 1 aliphatic rings. The second-order valence-electron chi connectivity index (χ2n) is 5.94. The number of hydrogen-bond donors (Lipinski definition) is 1. The van der Waals surface area contributed by atoms with Crippen LogP contribution in [0.3, 0.4) is 0 Å². The van der Waals surface area contributed by atoms with Crippen LogP contribution < -0.4 is 5.73 Å². The molecule has 0 fully saturated rings. The van der Waals surface area contributed by atoms with Gasteiger partial charge in [-0.25, -0.2) is 0 Å². The van der Waals surface area contributed by atoms with E-state index in [0.717, 1.165) is 12.8 Å². The number of aryl methyl sites for hydroxylation is 3. The summed E-state index contributed by atoms with van der Waals surface area (Å²) in [4.78, 5) is 0. The minimum Gasteiger partial charge on any atom is -0.324 e. The zero-order valence-corrected chi connectivity index (χ0v) is 12.1. The quantitative estimate of drug-likeness (QED) is 0.870. The molecule has 2 N–H and O–H groups in total. The summed E-state index contributed by atoms with van der Waals surface area (Å²) in [6.45, 7) is 0. The van der Waals surface area contributed by atoms with Gasteiger partial charge in [0, 0.05) is 19.3 Å². The lowest BCUT2D eigenvalue weighted by Gasteiger charge is -2.22. The summed E-state index contributed by atoms with van der Waals surface area (Å²) in [5.74, 6) is 0.582. The third-order valence-corrected chi connectivity index (χ3v) is 4.51. The molecular weight excluding hydrogens is 246 g/mol. The second kappa shape index (κ2) is 5.80. The third kappa shape index (κ3) is 2.78. The van der Waals surface area contributed by atoms with E-state index < -0.39 is 0 Å².